The molecule has 2 aliphatic heterocycles. The highest BCUT2D eigenvalue weighted by atomic mass is 127. The average molecular weight is 459 g/mol. The lowest BCUT2D eigenvalue weighted by atomic mass is 9.87. The zero-order valence-electron chi connectivity index (χ0n) is 15.3. The molecular weight excluding hydrogens is 429 g/mol. The first-order chi connectivity index (χ1) is 11.7. The second-order valence-electron chi connectivity index (χ2n) is 6.89. The lowest BCUT2D eigenvalue weighted by molar-refractivity contribution is 0.156. The molecule has 1 aromatic carbocycles. The molecule has 140 valence electrons. The number of methoxy groups -OCH3 is 1. The van der Waals surface area contributed by atoms with E-state index in [-0.39, 0.29) is 24.0 Å². The van der Waals surface area contributed by atoms with Crippen LogP contribution in [-0.4, -0.2) is 50.8 Å². The van der Waals surface area contributed by atoms with Crippen molar-refractivity contribution < 1.29 is 9.47 Å². The van der Waals surface area contributed by atoms with Gasteiger partial charge < -0.3 is 19.7 Å². The molecule has 2 heterocycles. The van der Waals surface area contributed by atoms with E-state index in [0.717, 1.165) is 38.8 Å². The van der Waals surface area contributed by atoms with E-state index in [0.29, 0.717) is 18.6 Å². The highest BCUT2D eigenvalue weighted by Gasteiger charge is 2.42. The van der Waals surface area contributed by atoms with Gasteiger partial charge in [-0.3, -0.25) is 0 Å². The van der Waals surface area contributed by atoms with Crippen LogP contribution >= 0.6 is 24.0 Å². The highest BCUT2D eigenvalue weighted by Crippen LogP contribution is 2.38. The van der Waals surface area contributed by atoms with Crippen molar-refractivity contribution in [3.63, 3.8) is 0 Å². The number of guanidine groups is 1. The van der Waals surface area contributed by atoms with Gasteiger partial charge in [-0.1, -0.05) is 24.3 Å². The number of likely N-dealkylation sites (tertiary alicyclic amines) is 1. The van der Waals surface area contributed by atoms with E-state index in [2.05, 4.69) is 41.4 Å². The molecule has 2 aliphatic rings. The standard InChI is InChI=1S/C19H29N3O2.HI/c1-3-20-18(22-10-8-19(14-22)9-11-24-15-19)21-12-16-4-6-17(7-5-16)13-23-2;/h4-7H,3,8-15H2,1-2H3,(H,20,21);1H. The van der Waals surface area contributed by atoms with Crippen molar-refractivity contribution in [2.45, 2.75) is 32.9 Å². The number of ether oxygens (including phenoxy) is 2. The summed E-state index contributed by atoms with van der Waals surface area (Å²) in [5, 5.41) is 3.45. The van der Waals surface area contributed by atoms with Crippen molar-refractivity contribution in [2.75, 3.05) is 40.0 Å². The minimum atomic E-state index is 0. The van der Waals surface area contributed by atoms with Gasteiger partial charge in [-0.2, -0.15) is 0 Å². The van der Waals surface area contributed by atoms with Crippen LogP contribution in [0.25, 0.3) is 0 Å². The van der Waals surface area contributed by atoms with Crippen molar-refractivity contribution in [3.05, 3.63) is 35.4 Å². The Labute approximate surface area is 168 Å². The number of aliphatic imine (C=N–C) groups is 1. The van der Waals surface area contributed by atoms with E-state index in [4.69, 9.17) is 14.5 Å². The molecule has 2 saturated heterocycles. The Morgan fingerprint density at radius 3 is 2.68 bits per heavy atom. The van der Waals surface area contributed by atoms with Gasteiger partial charge in [-0.05, 0) is 30.9 Å². The molecule has 25 heavy (non-hydrogen) atoms. The Kier molecular flexibility index (Phi) is 7.96. The Morgan fingerprint density at radius 1 is 1.28 bits per heavy atom. The summed E-state index contributed by atoms with van der Waals surface area (Å²) in [7, 11) is 1.72. The number of benzene rings is 1. The maximum atomic E-state index is 5.63. The lowest BCUT2D eigenvalue weighted by Crippen LogP contribution is -2.41. The quantitative estimate of drug-likeness (QED) is 0.418. The first-order valence-corrected chi connectivity index (χ1v) is 8.92. The fourth-order valence-corrected chi connectivity index (χ4v) is 3.59. The molecule has 5 nitrogen and oxygen atoms in total. The monoisotopic (exact) mass is 459 g/mol. The number of nitrogens with zero attached hydrogens (tertiary/aromatic N) is 2. The number of nitrogens with one attached hydrogen (secondary N) is 1. The molecule has 0 aromatic heterocycles. The minimum Gasteiger partial charge on any atom is -0.381 e. The van der Waals surface area contributed by atoms with Crippen molar-refractivity contribution in [1.29, 1.82) is 0 Å². The zero-order valence-corrected chi connectivity index (χ0v) is 17.6. The molecule has 1 unspecified atom stereocenters. The molecule has 6 heteroatoms. The summed E-state index contributed by atoms with van der Waals surface area (Å²) in [4.78, 5) is 7.26. The predicted octanol–water partition coefficient (Wildman–Crippen LogP) is 3.03. The Bertz CT molecular complexity index is 556. The topological polar surface area (TPSA) is 46.1 Å². The van der Waals surface area contributed by atoms with Crippen LogP contribution in [0, 0.1) is 5.41 Å². The van der Waals surface area contributed by atoms with Gasteiger partial charge in [0.05, 0.1) is 19.8 Å². The molecule has 2 fully saturated rings. The maximum absolute atomic E-state index is 5.63. The average Bonchev–Trinajstić information content (AvgIpc) is 3.23. The molecule has 3 rings (SSSR count). The largest absolute Gasteiger partial charge is 0.381 e. The van der Waals surface area contributed by atoms with Crippen LogP contribution in [0.1, 0.15) is 30.9 Å². The van der Waals surface area contributed by atoms with Crippen LogP contribution in [0.4, 0.5) is 0 Å². The van der Waals surface area contributed by atoms with Gasteiger partial charge in [-0.15, -0.1) is 24.0 Å². The maximum Gasteiger partial charge on any atom is 0.194 e. The van der Waals surface area contributed by atoms with E-state index in [1.807, 2.05) is 0 Å². The van der Waals surface area contributed by atoms with Crippen molar-refractivity contribution in [1.82, 2.24) is 10.2 Å². The van der Waals surface area contributed by atoms with Crippen LogP contribution in [-0.2, 0) is 22.6 Å². The van der Waals surface area contributed by atoms with E-state index in [9.17, 15) is 0 Å². The molecule has 0 saturated carbocycles. The predicted molar refractivity (Wildman–Crippen MR) is 111 cm³/mol. The number of hydrogen-bond acceptors (Lipinski definition) is 3. The first-order valence-electron chi connectivity index (χ1n) is 8.92. The summed E-state index contributed by atoms with van der Waals surface area (Å²) in [5.74, 6) is 1.03. The Hall–Kier alpha value is -0.860. The van der Waals surface area contributed by atoms with Crippen LogP contribution in [0.3, 0.4) is 0 Å². The van der Waals surface area contributed by atoms with Gasteiger partial charge in [-0.25, -0.2) is 4.99 Å². The smallest absolute Gasteiger partial charge is 0.194 e. The van der Waals surface area contributed by atoms with E-state index < -0.39 is 0 Å². The Balaban J connectivity index is 0.00000225. The van der Waals surface area contributed by atoms with Gasteiger partial charge in [0, 0.05) is 38.8 Å². The second-order valence-corrected chi connectivity index (χ2v) is 6.89. The molecule has 0 aliphatic carbocycles. The van der Waals surface area contributed by atoms with E-state index >= 15 is 0 Å². The fraction of sp³-hybridized carbons (Fsp3) is 0.632. The van der Waals surface area contributed by atoms with Crippen LogP contribution in [0.5, 0.6) is 0 Å². The molecule has 1 atom stereocenters. The van der Waals surface area contributed by atoms with E-state index in [1.54, 1.807) is 7.11 Å². The van der Waals surface area contributed by atoms with E-state index in [1.165, 1.54) is 24.0 Å². The Morgan fingerprint density at radius 2 is 2.04 bits per heavy atom. The fourth-order valence-electron chi connectivity index (χ4n) is 3.59. The third-order valence-corrected chi connectivity index (χ3v) is 5.00. The molecular formula is C19H30IN3O2. The number of halogens is 1. The highest BCUT2D eigenvalue weighted by molar-refractivity contribution is 14.0. The second kappa shape index (κ2) is 9.73. The normalized spacial score (nSPS) is 23.1. The molecule has 1 N–H and O–H groups in total. The van der Waals surface area contributed by atoms with Crippen molar-refractivity contribution in [3.8, 4) is 0 Å². The summed E-state index contributed by atoms with van der Waals surface area (Å²) in [5.41, 5.74) is 2.78. The zero-order chi connectivity index (χ0) is 16.8. The molecule has 0 bridgehead atoms. The van der Waals surface area contributed by atoms with Crippen LogP contribution < -0.4 is 5.32 Å². The third kappa shape index (κ3) is 5.31. The molecule has 0 amide bonds. The molecule has 1 aromatic rings. The molecule has 0 radical (unpaired) electrons. The minimum absolute atomic E-state index is 0. The van der Waals surface area contributed by atoms with Crippen LogP contribution in [0.2, 0.25) is 0 Å². The lowest BCUT2D eigenvalue weighted by Gasteiger charge is -2.25. The number of rotatable bonds is 5. The number of hydrogen-bond donors (Lipinski definition) is 1. The van der Waals surface area contributed by atoms with Gasteiger partial charge in [0.1, 0.15) is 0 Å². The summed E-state index contributed by atoms with van der Waals surface area (Å²) in [6, 6.07) is 8.50. The van der Waals surface area contributed by atoms with Gasteiger partial charge in [0.25, 0.3) is 0 Å². The van der Waals surface area contributed by atoms with Gasteiger partial charge >= 0.3 is 0 Å². The van der Waals surface area contributed by atoms with Gasteiger partial charge in [0.15, 0.2) is 5.96 Å². The first kappa shape index (κ1) is 20.5. The summed E-state index contributed by atoms with van der Waals surface area (Å²) in [6.45, 7) is 8.33. The summed E-state index contributed by atoms with van der Waals surface area (Å²) >= 11 is 0. The third-order valence-electron chi connectivity index (χ3n) is 5.00. The van der Waals surface area contributed by atoms with Gasteiger partial charge in [0.2, 0.25) is 0 Å². The summed E-state index contributed by atoms with van der Waals surface area (Å²) in [6.07, 6.45) is 2.40. The van der Waals surface area contributed by atoms with Crippen molar-refractivity contribution >= 4 is 29.9 Å². The SMILES string of the molecule is CCNC(=NCc1ccc(COC)cc1)N1CCC2(CCOC2)C1.I. The summed E-state index contributed by atoms with van der Waals surface area (Å²) < 4.78 is 10.8. The van der Waals surface area contributed by atoms with Crippen molar-refractivity contribution in [2.24, 2.45) is 10.4 Å². The molecule has 1 spiro atoms. The van der Waals surface area contributed by atoms with Crippen LogP contribution in [0.15, 0.2) is 29.3 Å².